The van der Waals surface area contributed by atoms with E-state index in [-0.39, 0.29) is 11.5 Å². The fourth-order valence-corrected chi connectivity index (χ4v) is 3.13. The lowest BCUT2D eigenvalue weighted by Gasteiger charge is -2.18. The van der Waals surface area contributed by atoms with Gasteiger partial charge in [-0.1, -0.05) is 19.9 Å². The summed E-state index contributed by atoms with van der Waals surface area (Å²) in [5, 5.41) is 13.8. The standard InChI is InChI=1S/C21H22N2O4/c1-13(2)15-12-14(21(24)25)8-9-16(15)23-17(10-11-22-23)20-18(26-3)6-5-7-19(20)27-4/h5-13H,1-4H3,(H,24,25). The van der Waals surface area contributed by atoms with Crippen molar-refractivity contribution in [1.29, 1.82) is 0 Å². The quantitative estimate of drug-likeness (QED) is 0.701. The van der Waals surface area contributed by atoms with Gasteiger partial charge in [0.1, 0.15) is 11.5 Å². The third-order valence-corrected chi connectivity index (χ3v) is 4.45. The molecule has 3 rings (SSSR count). The van der Waals surface area contributed by atoms with E-state index in [1.54, 1.807) is 43.3 Å². The zero-order valence-corrected chi connectivity index (χ0v) is 15.8. The molecule has 0 atom stereocenters. The van der Waals surface area contributed by atoms with E-state index in [1.165, 1.54) is 0 Å². The smallest absolute Gasteiger partial charge is 0.335 e. The summed E-state index contributed by atoms with van der Waals surface area (Å²) in [7, 11) is 3.22. The van der Waals surface area contributed by atoms with Gasteiger partial charge in [-0.25, -0.2) is 9.48 Å². The van der Waals surface area contributed by atoms with Crippen LogP contribution >= 0.6 is 0 Å². The second kappa shape index (κ2) is 7.53. The van der Waals surface area contributed by atoms with E-state index in [9.17, 15) is 9.90 Å². The molecule has 1 heterocycles. The zero-order chi connectivity index (χ0) is 19.6. The van der Waals surface area contributed by atoms with Gasteiger partial charge in [0.2, 0.25) is 0 Å². The Morgan fingerprint density at radius 2 is 1.74 bits per heavy atom. The second-order valence-corrected chi connectivity index (χ2v) is 6.40. The number of aromatic carboxylic acids is 1. The van der Waals surface area contributed by atoms with Crippen LogP contribution in [0.5, 0.6) is 11.5 Å². The van der Waals surface area contributed by atoms with Crippen molar-refractivity contribution in [2.75, 3.05) is 14.2 Å². The van der Waals surface area contributed by atoms with E-state index in [1.807, 2.05) is 38.1 Å². The van der Waals surface area contributed by atoms with Crippen LogP contribution in [0.3, 0.4) is 0 Å². The van der Waals surface area contributed by atoms with E-state index in [0.717, 1.165) is 22.5 Å². The minimum atomic E-state index is -0.949. The summed E-state index contributed by atoms with van der Waals surface area (Å²) in [4.78, 5) is 11.4. The number of ether oxygens (including phenoxy) is 2. The molecule has 6 heteroatoms. The molecule has 1 N–H and O–H groups in total. The molecule has 0 aliphatic heterocycles. The number of hydrogen-bond donors (Lipinski definition) is 1. The number of nitrogens with zero attached hydrogens (tertiary/aromatic N) is 2. The van der Waals surface area contributed by atoms with Crippen molar-refractivity contribution in [3.8, 4) is 28.4 Å². The van der Waals surface area contributed by atoms with Crippen molar-refractivity contribution in [3.63, 3.8) is 0 Å². The fourth-order valence-electron chi connectivity index (χ4n) is 3.13. The molecule has 0 unspecified atom stereocenters. The zero-order valence-electron chi connectivity index (χ0n) is 15.8. The van der Waals surface area contributed by atoms with Crippen LogP contribution in [0.2, 0.25) is 0 Å². The van der Waals surface area contributed by atoms with Gasteiger partial charge >= 0.3 is 5.97 Å². The van der Waals surface area contributed by atoms with Crippen molar-refractivity contribution in [2.45, 2.75) is 19.8 Å². The number of aromatic nitrogens is 2. The summed E-state index contributed by atoms with van der Waals surface area (Å²) in [6.07, 6.45) is 1.70. The molecule has 0 aliphatic rings. The summed E-state index contributed by atoms with van der Waals surface area (Å²) in [5.41, 5.74) is 3.56. The first-order chi connectivity index (χ1) is 13.0. The average molecular weight is 366 g/mol. The lowest BCUT2D eigenvalue weighted by Crippen LogP contribution is -2.08. The van der Waals surface area contributed by atoms with Gasteiger partial charge in [-0.2, -0.15) is 5.10 Å². The van der Waals surface area contributed by atoms with Gasteiger partial charge in [0, 0.05) is 0 Å². The first-order valence-corrected chi connectivity index (χ1v) is 8.61. The van der Waals surface area contributed by atoms with Gasteiger partial charge in [0.05, 0.1) is 42.9 Å². The monoisotopic (exact) mass is 366 g/mol. The van der Waals surface area contributed by atoms with Crippen molar-refractivity contribution in [1.82, 2.24) is 9.78 Å². The predicted molar refractivity (Wildman–Crippen MR) is 103 cm³/mol. The molecule has 0 saturated carbocycles. The second-order valence-electron chi connectivity index (χ2n) is 6.40. The van der Waals surface area contributed by atoms with Crippen LogP contribution in [0, 0.1) is 0 Å². The maximum atomic E-state index is 11.4. The van der Waals surface area contributed by atoms with E-state index < -0.39 is 5.97 Å². The van der Waals surface area contributed by atoms with Gasteiger partial charge in [-0.15, -0.1) is 0 Å². The van der Waals surface area contributed by atoms with Gasteiger partial charge in [0.25, 0.3) is 0 Å². The Labute approximate surface area is 158 Å². The SMILES string of the molecule is COc1cccc(OC)c1-c1ccnn1-c1ccc(C(=O)O)cc1C(C)C. The van der Waals surface area contributed by atoms with E-state index in [0.29, 0.717) is 11.5 Å². The molecule has 0 aliphatic carbocycles. The minimum Gasteiger partial charge on any atom is -0.496 e. The Hall–Kier alpha value is -3.28. The normalized spacial score (nSPS) is 10.9. The Kier molecular flexibility index (Phi) is 5.16. The molecule has 0 fully saturated rings. The Morgan fingerprint density at radius 3 is 2.30 bits per heavy atom. The summed E-state index contributed by atoms with van der Waals surface area (Å²) in [5.74, 6) is 0.514. The van der Waals surface area contributed by atoms with Gasteiger partial charge in [-0.3, -0.25) is 0 Å². The molecule has 0 saturated heterocycles. The molecule has 2 aromatic carbocycles. The third-order valence-electron chi connectivity index (χ3n) is 4.45. The first-order valence-electron chi connectivity index (χ1n) is 8.61. The molecule has 0 amide bonds. The summed E-state index contributed by atoms with van der Waals surface area (Å²) >= 11 is 0. The molecule has 0 bridgehead atoms. The van der Waals surface area contributed by atoms with Crippen molar-refractivity contribution < 1.29 is 19.4 Å². The number of benzene rings is 2. The number of carboxylic acids is 1. The van der Waals surface area contributed by atoms with E-state index >= 15 is 0 Å². The highest BCUT2D eigenvalue weighted by Gasteiger charge is 2.20. The maximum absolute atomic E-state index is 11.4. The molecular formula is C21H22N2O4. The molecule has 6 nitrogen and oxygen atoms in total. The van der Waals surface area contributed by atoms with Crippen LogP contribution in [-0.4, -0.2) is 35.1 Å². The Morgan fingerprint density at radius 1 is 1.07 bits per heavy atom. The van der Waals surface area contributed by atoms with Crippen LogP contribution in [-0.2, 0) is 0 Å². The highest BCUT2D eigenvalue weighted by molar-refractivity contribution is 5.88. The number of carboxylic acid groups (broad SMARTS) is 1. The van der Waals surface area contributed by atoms with Crippen molar-refractivity contribution in [3.05, 3.63) is 59.8 Å². The lowest BCUT2D eigenvalue weighted by atomic mass is 9.98. The number of hydrogen-bond acceptors (Lipinski definition) is 4. The summed E-state index contributed by atoms with van der Waals surface area (Å²) in [6.45, 7) is 4.05. The number of rotatable bonds is 6. The number of carbonyl (C=O) groups is 1. The molecule has 27 heavy (non-hydrogen) atoms. The topological polar surface area (TPSA) is 73.6 Å². The largest absolute Gasteiger partial charge is 0.496 e. The van der Waals surface area contributed by atoms with Gasteiger partial charge < -0.3 is 14.6 Å². The summed E-state index contributed by atoms with van der Waals surface area (Å²) in [6, 6.07) is 12.6. The van der Waals surface area contributed by atoms with Crippen molar-refractivity contribution >= 4 is 5.97 Å². The van der Waals surface area contributed by atoms with Crippen LogP contribution in [0.1, 0.15) is 35.7 Å². The maximum Gasteiger partial charge on any atom is 0.335 e. The van der Waals surface area contributed by atoms with Gasteiger partial charge in [-0.05, 0) is 47.9 Å². The van der Waals surface area contributed by atoms with Crippen LogP contribution in [0.25, 0.3) is 16.9 Å². The molecule has 3 aromatic rings. The predicted octanol–water partition coefficient (Wildman–Crippen LogP) is 4.38. The van der Waals surface area contributed by atoms with E-state index in [2.05, 4.69) is 5.10 Å². The number of methoxy groups -OCH3 is 2. The minimum absolute atomic E-state index is 0.121. The summed E-state index contributed by atoms with van der Waals surface area (Å²) < 4.78 is 12.9. The van der Waals surface area contributed by atoms with Crippen LogP contribution < -0.4 is 9.47 Å². The first kappa shape index (κ1) is 18.5. The Bertz CT molecular complexity index is 954. The third kappa shape index (κ3) is 3.38. The highest BCUT2D eigenvalue weighted by Crippen LogP contribution is 2.39. The molecule has 0 spiro atoms. The highest BCUT2D eigenvalue weighted by atomic mass is 16.5. The fraction of sp³-hybridized carbons (Fsp3) is 0.238. The van der Waals surface area contributed by atoms with Crippen LogP contribution in [0.15, 0.2) is 48.7 Å². The molecule has 0 radical (unpaired) electrons. The van der Waals surface area contributed by atoms with Crippen LogP contribution in [0.4, 0.5) is 0 Å². The molecule has 1 aromatic heterocycles. The Balaban J connectivity index is 2.25. The lowest BCUT2D eigenvalue weighted by molar-refractivity contribution is 0.0696. The molecule has 140 valence electrons. The van der Waals surface area contributed by atoms with E-state index in [4.69, 9.17) is 9.47 Å². The molecular weight excluding hydrogens is 344 g/mol. The van der Waals surface area contributed by atoms with Crippen molar-refractivity contribution in [2.24, 2.45) is 0 Å². The average Bonchev–Trinajstić information content (AvgIpc) is 3.15. The van der Waals surface area contributed by atoms with Gasteiger partial charge in [0.15, 0.2) is 0 Å².